The lowest BCUT2D eigenvalue weighted by Crippen LogP contribution is -2.27. The topological polar surface area (TPSA) is 94.4 Å². The maximum absolute atomic E-state index is 14.3. The van der Waals surface area contributed by atoms with E-state index in [4.69, 9.17) is 4.42 Å². The second-order valence-electron chi connectivity index (χ2n) is 7.79. The molecule has 1 amide bonds. The van der Waals surface area contributed by atoms with Crippen LogP contribution in [-0.4, -0.2) is 25.1 Å². The first kappa shape index (κ1) is 21.8. The summed E-state index contributed by atoms with van der Waals surface area (Å²) in [6.07, 6.45) is 1.55. The third-order valence-corrected chi connectivity index (χ3v) is 6.30. The molecule has 0 atom stereocenters. The molecule has 1 aromatic carbocycles. The Morgan fingerprint density at radius 1 is 1.21 bits per heavy atom. The standard InChI is InChI=1S/C24H20FN5O3S/c1-14-10-19(28-30(14)20-8-4-3-7-18(20)25)22-15(2)27-24-29(23(22)32)16(13-34-24)11-21(31)26-12-17-6-5-9-33-17/h3-10,13H,11-12H2,1-2H3,(H,26,31). The molecule has 5 rings (SSSR count). The van der Waals surface area contributed by atoms with E-state index in [0.717, 1.165) is 0 Å². The molecule has 0 saturated heterocycles. The lowest BCUT2D eigenvalue weighted by atomic mass is 10.1. The molecule has 0 radical (unpaired) electrons. The summed E-state index contributed by atoms with van der Waals surface area (Å²) in [6, 6.07) is 11.6. The van der Waals surface area contributed by atoms with Crippen molar-refractivity contribution >= 4 is 22.2 Å². The van der Waals surface area contributed by atoms with Crippen LogP contribution in [0.4, 0.5) is 4.39 Å². The molecule has 4 aromatic heterocycles. The third kappa shape index (κ3) is 3.92. The van der Waals surface area contributed by atoms with Gasteiger partial charge in [-0.05, 0) is 44.2 Å². The first-order valence-electron chi connectivity index (χ1n) is 10.5. The number of hydrogen-bond donors (Lipinski definition) is 1. The maximum atomic E-state index is 14.3. The molecule has 1 N–H and O–H groups in total. The summed E-state index contributed by atoms with van der Waals surface area (Å²) in [5.74, 6) is -0.0196. The van der Waals surface area contributed by atoms with E-state index in [2.05, 4.69) is 15.4 Å². The molecule has 0 fully saturated rings. The molecule has 5 aromatic rings. The number of furan rings is 1. The van der Waals surface area contributed by atoms with Crippen LogP contribution in [-0.2, 0) is 17.8 Å². The summed E-state index contributed by atoms with van der Waals surface area (Å²) in [6.45, 7) is 3.79. The van der Waals surface area contributed by atoms with Crippen LogP contribution in [0.3, 0.4) is 0 Å². The molecule has 4 heterocycles. The minimum absolute atomic E-state index is 0.00743. The van der Waals surface area contributed by atoms with Gasteiger partial charge >= 0.3 is 0 Å². The molecule has 8 nitrogen and oxygen atoms in total. The zero-order valence-corrected chi connectivity index (χ0v) is 19.2. The van der Waals surface area contributed by atoms with Crippen LogP contribution >= 0.6 is 11.3 Å². The fraction of sp³-hybridized carbons (Fsp3) is 0.167. The first-order valence-corrected chi connectivity index (χ1v) is 11.4. The Morgan fingerprint density at radius 2 is 2.03 bits per heavy atom. The van der Waals surface area contributed by atoms with Crippen molar-refractivity contribution in [3.8, 4) is 16.9 Å². The summed E-state index contributed by atoms with van der Waals surface area (Å²) in [7, 11) is 0. The lowest BCUT2D eigenvalue weighted by molar-refractivity contribution is -0.120. The number of para-hydroxylation sites is 1. The van der Waals surface area contributed by atoms with Gasteiger partial charge in [0.15, 0.2) is 4.96 Å². The minimum atomic E-state index is -0.414. The van der Waals surface area contributed by atoms with Gasteiger partial charge in [0.05, 0.1) is 30.5 Å². The summed E-state index contributed by atoms with van der Waals surface area (Å²) < 4.78 is 22.5. The molecule has 0 aliphatic rings. The van der Waals surface area contributed by atoms with E-state index in [1.165, 1.54) is 32.7 Å². The third-order valence-electron chi connectivity index (χ3n) is 5.43. The number of nitrogens with one attached hydrogen (secondary N) is 1. The number of amides is 1. The highest BCUT2D eigenvalue weighted by atomic mass is 32.1. The molecule has 0 spiro atoms. The number of aryl methyl sites for hydroxylation is 2. The highest BCUT2D eigenvalue weighted by molar-refractivity contribution is 7.15. The van der Waals surface area contributed by atoms with Crippen LogP contribution in [0.15, 0.2) is 63.3 Å². The van der Waals surface area contributed by atoms with E-state index in [0.29, 0.717) is 44.7 Å². The van der Waals surface area contributed by atoms with Crippen LogP contribution in [0.25, 0.3) is 21.9 Å². The van der Waals surface area contributed by atoms with Crippen molar-refractivity contribution in [1.82, 2.24) is 24.5 Å². The van der Waals surface area contributed by atoms with E-state index in [1.807, 2.05) is 0 Å². The Morgan fingerprint density at radius 3 is 2.79 bits per heavy atom. The van der Waals surface area contributed by atoms with Gasteiger partial charge in [-0.15, -0.1) is 11.3 Å². The Hall–Kier alpha value is -4.05. The van der Waals surface area contributed by atoms with Crippen LogP contribution in [0, 0.1) is 19.7 Å². The van der Waals surface area contributed by atoms with Crippen molar-refractivity contribution in [3.63, 3.8) is 0 Å². The molecular formula is C24H20FN5O3S. The molecule has 10 heteroatoms. The van der Waals surface area contributed by atoms with Crippen molar-refractivity contribution in [2.75, 3.05) is 0 Å². The van der Waals surface area contributed by atoms with E-state index in [1.54, 1.807) is 55.6 Å². The maximum Gasteiger partial charge on any atom is 0.268 e. The Kier molecular flexibility index (Phi) is 5.58. The highest BCUT2D eigenvalue weighted by Gasteiger charge is 2.20. The molecule has 0 aliphatic heterocycles. The number of rotatable bonds is 6. The van der Waals surface area contributed by atoms with Crippen molar-refractivity contribution in [3.05, 3.63) is 93.1 Å². The number of carbonyl (C=O) groups excluding carboxylic acids is 1. The molecule has 0 aliphatic carbocycles. The summed E-state index contributed by atoms with van der Waals surface area (Å²) in [5, 5.41) is 9.05. The fourth-order valence-electron chi connectivity index (χ4n) is 3.81. The second kappa shape index (κ2) is 8.71. The number of fused-ring (bicyclic) bond motifs is 1. The molecule has 34 heavy (non-hydrogen) atoms. The van der Waals surface area contributed by atoms with E-state index in [-0.39, 0.29) is 24.4 Å². The second-order valence-corrected chi connectivity index (χ2v) is 8.63. The van der Waals surface area contributed by atoms with Gasteiger partial charge in [-0.25, -0.2) is 14.1 Å². The predicted molar refractivity (Wildman–Crippen MR) is 126 cm³/mol. The van der Waals surface area contributed by atoms with Gasteiger partial charge in [-0.2, -0.15) is 5.10 Å². The number of benzene rings is 1. The van der Waals surface area contributed by atoms with Crippen LogP contribution in [0.2, 0.25) is 0 Å². The molecule has 0 unspecified atom stereocenters. The lowest BCUT2D eigenvalue weighted by Gasteiger charge is -2.07. The number of nitrogens with zero attached hydrogens (tertiary/aromatic N) is 4. The van der Waals surface area contributed by atoms with Crippen molar-refractivity contribution in [1.29, 1.82) is 0 Å². The van der Waals surface area contributed by atoms with Crippen molar-refractivity contribution < 1.29 is 13.6 Å². The van der Waals surface area contributed by atoms with Crippen molar-refractivity contribution in [2.24, 2.45) is 0 Å². The van der Waals surface area contributed by atoms with Crippen molar-refractivity contribution in [2.45, 2.75) is 26.8 Å². The van der Waals surface area contributed by atoms with Gasteiger partial charge < -0.3 is 9.73 Å². The Balaban J connectivity index is 1.51. The number of halogens is 1. The largest absolute Gasteiger partial charge is 0.467 e. The minimum Gasteiger partial charge on any atom is -0.467 e. The summed E-state index contributed by atoms with van der Waals surface area (Å²) >= 11 is 1.29. The first-order chi connectivity index (χ1) is 16.4. The SMILES string of the molecule is Cc1nc2scc(CC(=O)NCc3ccco3)n2c(=O)c1-c1cc(C)n(-c2ccccc2F)n1. The van der Waals surface area contributed by atoms with E-state index in [9.17, 15) is 14.0 Å². The zero-order chi connectivity index (χ0) is 23.8. The smallest absolute Gasteiger partial charge is 0.268 e. The van der Waals surface area contributed by atoms with Gasteiger partial charge in [0, 0.05) is 16.8 Å². The average molecular weight is 478 g/mol. The monoisotopic (exact) mass is 477 g/mol. The predicted octanol–water partition coefficient (Wildman–Crippen LogP) is 3.82. The molecule has 172 valence electrons. The Labute approximate surface area is 197 Å². The zero-order valence-electron chi connectivity index (χ0n) is 18.4. The summed E-state index contributed by atoms with van der Waals surface area (Å²) in [4.78, 5) is 31.1. The number of thiazole rings is 1. The number of carbonyl (C=O) groups is 1. The highest BCUT2D eigenvalue weighted by Crippen LogP contribution is 2.24. The molecular weight excluding hydrogens is 457 g/mol. The fourth-order valence-corrected chi connectivity index (χ4v) is 4.74. The molecule has 0 saturated carbocycles. The van der Waals surface area contributed by atoms with Gasteiger partial charge in [-0.3, -0.25) is 14.0 Å². The van der Waals surface area contributed by atoms with Gasteiger partial charge in [-0.1, -0.05) is 12.1 Å². The van der Waals surface area contributed by atoms with Crippen LogP contribution in [0.5, 0.6) is 0 Å². The van der Waals surface area contributed by atoms with Crippen LogP contribution < -0.4 is 10.9 Å². The quantitative estimate of drug-likeness (QED) is 0.401. The van der Waals surface area contributed by atoms with E-state index >= 15 is 0 Å². The normalized spacial score (nSPS) is 11.3. The van der Waals surface area contributed by atoms with Gasteiger partial charge in [0.25, 0.3) is 5.56 Å². The van der Waals surface area contributed by atoms with E-state index < -0.39 is 5.82 Å². The van der Waals surface area contributed by atoms with Gasteiger partial charge in [0.2, 0.25) is 5.91 Å². The average Bonchev–Trinajstić information content (AvgIpc) is 3.54. The number of aromatic nitrogens is 4. The summed E-state index contributed by atoms with van der Waals surface area (Å²) in [5.41, 5.74) is 2.39. The number of hydrogen-bond acceptors (Lipinski definition) is 6. The van der Waals surface area contributed by atoms with Crippen LogP contribution in [0.1, 0.15) is 22.8 Å². The molecule has 0 bridgehead atoms. The Bertz CT molecular complexity index is 1570. The van der Waals surface area contributed by atoms with Gasteiger partial charge in [0.1, 0.15) is 23.0 Å².